The van der Waals surface area contributed by atoms with Gasteiger partial charge >= 0.3 is 0 Å². The molecule has 0 spiro atoms. The lowest BCUT2D eigenvalue weighted by molar-refractivity contribution is 0.138. The lowest BCUT2D eigenvalue weighted by atomic mass is 10.0. The summed E-state index contributed by atoms with van der Waals surface area (Å²) in [5.41, 5.74) is 4.17. The first-order valence-electron chi connectivity index (χ1n) is 15.9. The van der Waals surface area contributed by atoms with Crippen molar-refractivity contribution in [1.82, 2.24) is 30.0 Å². The van der Waals surface area contributed by atoms with Crippen molar-refractivity contribution >= 4 is 28.2 Å². The van der Waals surface area contributed by atoms with Crippen LogP contribution in [-0.2, 0) is 0 Å². The molecule has 0 aliphatic carbocycles. The molecule has 3 aromatic carbocycles. The van der Waals surface area contributed by atoms with Crippen LogP contribution < -0.4 is 15.4 Å². The van der Waals surface area contributed by atoms with Gasteiger partial charge in [-0.15, -0.1) is 10.2 Å². The van der Waals surface area contributed by atoms with Gasteiger partial charge in [-0.05, 0) is 74.8 Å². The monoisotopic (exact) mass is 626 g/mol. The van der Waals surface area contributed by atoms with Crippen LogP contribution in [0.4, 0.5) is 21.8 Å². The van der Waals surface area contributed by atoms with Crippen LogP contribution in [0, 0.1) is 0 Å². The highest BCUT2D eigenvalue weighted by Crippen LogP contribution is 2.33. The zero-order chi connectivity index (χ0) is 31.8. The minimum Gasteiger partial charge on any atom is -0.438 e. The number of benzene rings is 3. The van der Waals surface area contributed by atoms with Gasteiger partial charge in [-0.25, -0.2) is 19.3 Å². The molecule has 4 heterocycles. The van der Waals surface area contributed by atoms with Gasteiger partial charge < -0.3 is 20.3 Å². The molecule has 9 nitrogen and oxygen atoms in total. The Morgan fingerprint density at radius 2 is 1.66 bits per heavy atom. The van der Waals surface area contributed by atoms with Crippen LogP contribution in [0.1, 0.15) is 19.3 Å². The van der Waals surface area contributed by atoms with E-state index in [9.17, 15) is 4.39 Å². The number of nitrogens with one attached hydrogen (secondary N) is 2. The standard InChI is InChI=1S/C37H35FN8O/c38-27-11-7-23-46(25-27)24-8-21-40-37-41-22-19-33(43-37)32-14-6-20-39-36(32)47-29-17-15-28(16-18-29)42-35-31-13-5-4-12-30(31)34(44-45-35)26-9-2-1-3-10-26/h1-6,9-10,12-20,22,27H,7-8,11,21,23-25H2,(H,42,45)(H,40,41,43). The van der Waals surface area contributed by atoms with Gasteiger partial charge in [0.25, 0.3) is 0 Å². The van der Waals surface area contributed by atoms with Crippen LogP contribution in [-0.4, -0.2) is 62.4 Å². The zero-order valence-electron chi connectivity index (χ0n) is 25.9. The smallest absolute Gasteiger partial charge is 0.228 e. The van der Waals surface area contributed by atoms with Gasteiger partial charge in [0, 0.05) is 47.5 Å². The van der Waals surface area contributed by atoms with Crippen molar-refractivity contribution in [1.29, 1.82) is 0 Å². The number of pyridine rings is 1. The van der Waals surface area contributed by atoms with Gasteiger partial charge in [0.05, 0.1) is 11.3 Å². The maximum Gasteiger partial charge on any atom is 0.228 e. The molecule has 1 atom stereocenters. The fourth-order valence-electron chi connectivity index (χ4n) is 5.83. The Labute approximate surface area is 272 Å². The second-order valence-electron chi connectivity index (χ2n) is 11.5. The molecular weight excluding hydrogens is 591 g/mol. The molecule has 236 valence electrons. The average molecular weight is 627 g/mol. The van der Waals surface area contributed by atoms with E-state index >= 15 is 0 Å². The molecule has 7 rings (SSSR count). The number of likely N-dealkylation sites (tertiary alicyclic amines) is 1. The molecule has 2 N–H and O–H groups in total. The number of piperidine rings is 1. The van der Waals surface area contributed by atoms with Crippen molar-refractivity contribution in [2.45, 2.75) is 25.4 Å². The Kier molecular flexibility index (Phi) is 9.19. The third-order valence-corrected chi connectivity index (χ3v) is 8.15. The van der Waals surface area contributed by atoms with Crippen molar-refractivity contribution in [2.24, 2.45) is 0 Å². The number of ether oxygens (including phenoxy) is 1. The number of alkyl halides is 1. The van der Waals surface area contributed by atoms with Crippen LogP contribution in [0.2, 0.25) is 0 Å². The highest BCUT2D eigenvalue weighted by molar-refractivity contribution is 6.00. The summed E-state index contributed by atoms with van der Waals surface area (Å²) in [7, 11) is 0. The van der Waals surface area contributed by atoms with Crippen molar-refractivity contribution in [2.75, 3.05) is 36.8 Å². The lowest BCUT2D eigenvalue weighted by Crippen LogP contribution is -2.37. The number of anilines is 3. The maximum absolute atomic E-state index is 13.7. The van der Waals surface area contributed by atoms with E-state index in [1.165, 1.54) is 0 Å². The Balaban J connectivity index is 1.02. The second-order valence-corrected chi connectivity index (χ2v) is 11.5. The molecular formula is C37H35FN8O. The molecule has 0 radical (unpaired) electrons. The SMILES string of the molecule is FC1CCCN(CCCNc2nccc(-c3cccnc3Oc3ccc(Nc4nnc(-c5ccccc5)c5ccccc45)cc3)n2)C1. The normalized spacial score (nSPS) is 15.0. The highest BCUT2D eigenvalue weighted by Gasteiger charge is 2.18. The largest absolute Gasteiger partial charge is 0.438 e. The predicted molar refractivity (Wildman–Crippen MR) is 184 cm³/mol. The van der Waals surface area contributed by atoms with E-state index in [-0.39, 0.29) is 0 Å². The number of halogens is 1. The predicted octanol–water partition coefficient (Wildman–Crippen LogP) is 7.92. The fraction of sp³-hybridized carbons (Fsp3) is 0.216. The summed E-state index contributed by atoms with van der Waals surface area (Å²) >= 11 is 0. The number of fused-ring (bicyclic) bond motifs is 1. The van der Waals surface area contributed by atoms with E-state index in [1.807, 2.05) is 91.0 Å². The summed E-state index contributed by atoms with van der Waals surface area (Å²) in [6.45, 7) is 3.05. The number of rotatable bonds is 11. The number of hydrogen-bond donors (Lipinski definition) is 2. The van der Waals surface area contributed by atoms with Gasteiger partial charge in [0.2, 0.25) is 11.8 Å². The van der Waals surface area contributed by atoms with Crippen molar-refractivity contribution < 1.29 is 9.13 Å². The molecule has 0 bridgehead atoms. The third kappa shape index (κ3) is 7.34. The Hall–Kier alpha value is -5.48. The minimum absolute atomic E-state index is 0.442. The fourth-order valence-corrected chi connectivity index (χ4v) is 5.83. The van der Waals surface area contributed by atoms with E-state index in [4.69, 9.17) is 9.72 Å². The van der Waals surface area contributed by atoms with E-state index in [2.05, 4.69) is 41.8 Å². The molecule has 0 amide bonds. The molecule has 1 unspecified atom stereocenters. The van der Waals surface area contributed by atoms with Gasteiger partial charge in [-0.2, -0.15) is 0 Å². The summed E-state index contributed by atoms with van der Waals surface area (Å²) in [5, 5.41) is 17.8. The molecule has 0 saturated carbocycles. The Morgan fingerprint density at radius 3 is 2.51 bits per heavy atom. The summed E-state index contributed by atoms with van der Waals surface area (Å²) in [6.07, 6.45) is 5.19. The van der Waals surface area contributed by atoms with Crippen molar-refractivity contribution in [3.63, 3.8) is 0 Å². The second kappa shape index (κ2) is 14.3. The van der Waals surface area contributed by atoms with Crippen LogP contribution in [0.5, 0.6) is 11.6 Å². The molecule has 47 heavy (non-hydrogen) atoms. The van der Waals surface area contributed by atoms with E-state index in [0.29, 0.717) is 48.6 Å². The van der Waals surface area contributed by atoms with Gasteiger partial charge in [0.15, 0.2) is 5.82 Å². The molecule has 10 heteroatoms. The first kappa shape index (κ1) is 30.2. The summed E-state index contributed by atoms with van der Waals surface area (Å²) in [5.74, 6) is 2.28. The molecule has 1 aliphatic heterocycles. The number of aromatic nitrogens is 5. The Bertz CT molecular complexity index is 1940. The van der Waals surface area contributed by atoms with Crippen molar-refractivity contribution in [3.05, 3.63) is 109 Å². The molecule has 3 aromatic heterocycles. The first-order chi connectivity index (χ1) is 23.2. The van der Waals surface area contributed by atoms with E-state index in [0.717, 1.165) is 59.2 Å². The van der Waals surface area contributed by atoms with E-state index in [1.54, 1.807) is 12.4 Å². The third-order valence-electron chi connectivity index (χ3n) is 8.15. The first-order valence-corrected chi connectivity index (χ1v) is 15.9. The van der Waals surface area contributed by atoms with Crippen LogP contribution >= 0.6 is 0 Å². The average Bonchev–Trinajstić information content (AvgIpc) is 3.12. The van der Waals surface area contributed by atoms with Crippen LogP contribution in [0.3, 0.4) is 0 Å². The van der Waals surface area contributed by atoms with Crippen LogP contribution in [0.25, 0.3) is 33.3 Å². The van der Waals surface area contributed by atoms with Crippen molar-refractivity contribution in [3.8, 4) is 34.1 Å². The summed E-state index contributed by atoms with van der Waals surface area (Å²) in [4.78, 5) is 15.8. The van der Waals surface area contributed by atoms with Crippen LogP contribution in [0.15, 0.2) is 109 Å². The Morgan fingerprint density at radius 1 is 0.830 bits per heavy atom. The number of hydrogen-bond acceptors (Lipinski definition) is 9. The van der Waals surface area contributed by atoms with Gasteiger partial charge in [-0.1, -0.05) is 54.6 Å². The molecule has 1 aliphatic rings. The van der Waals surface area contributed by atoms with E-state index < -0.39 is 6.17 Å². The quantitative estimate of drug-likeness (QED) is 0.139. The summed E-state index contributed by atoms with van der Waals surface area (Å²) in [6, 6.07) is 31.5. The highest BCUT2D eigenvalue weighted by atomic mass is 19.1. The topological polar surface area (TPSA) is 101 Å². The summed E-state index contributed by atoms with van der Waals surface area (Å²) < 4.78 is 19.9. The van der Waals surface area contributed by atoms with Gasteiger partial charge in [0.1, 0.15) is 17.6 Å². The molecule has 6 aromatic rings. The zero-order valence-corrected chi connectivity index (χ0v) is 25.9. The molecule has 1 saturated heterocycles. The minimum atomic E-state index is -0.707. The number of nitrogens with zero attached hydrogens (tertiary/aromatic N) is 6. The van der Waals surface area contributed by atoms with Gasteiger partial charge in [-0.3, -0.25) is 0 Å². The molecule has 1 fully saturated rings. The lowest BCUT2D eigenvalue weighted by Gasteiger charge is -2.28. The maximum atomic E-state index is 13.7.